The van der Waals surface area contributed by atoms with Crippen LogP contribution in [0.25, 0.3) is 0 Å². The number of unbranched alkanes of at least 4 members (excludes halogenated alkanes) is 2. The smallest absolute Gasteiger partial charge is 0.370 e. The number of hydrogen-bond acceptors (Lipinski definition) is 3. The van der Waals surface area contributed by atoms with Crippen LogP contribution in [0.15, 0.2) is 30.3 Å². The van der Waals surface area contributed by atoms with Gasteiger partial charge in [-0.3, -0.25) is 0 Å². The molecule has 0 atom stereocenters. The van der Waals surface area contributed by atoms with Crippen molar-refractivity contribution < 1.29 is 13.3 Å². The fourth-order valence-electron chi connectivity index (χ4n) is 1.91. The molecule has 4 heteroatoms. The molecule has 0 bridgehead atoms. The molecule has 0 aromatic heterocycles. The van der Waals surface area contributed by atoms with Crippen LogP contribution in [0.4, 0.5) is 0 Å². The molecule has 0 saturated heterocycles. The molecule has 0 amide bonds. The summed E-state index contributed by atoms with van der Waals surface area (Å²) >= 11 is 0. The van der Waals surface area contributed by atoms with Gasteiger partial charge in [-0.1, -0.05) is 57.0 Å². The molecule has 0 saturated carbocycles. The minimum Gasteiger partial charge on any atom is -0.370 e. The first-order valence-corrected chi connectivity index (χ1v) is 9.49. The Morgan fingerprint density at radius 2 is 1.35 bits per heavy atom. The first-order chi connectivity index (χ1) is 9.79. The second-order valence-electron chi connectivity index (χ2n) is 4.76. The van der Waals surface area contributed by atoms with Crippen molar-refractivity contribution in [3.63, 3.8) is 0 Å². The molecule has 0 aliphatic heterocycles. The third-order valence-corrected chi connectivity index (χ3v) is 5.92. The molecule has 1 aromatic rings. The lowest BCUT2D eigenvalue weighted by Gasteiger charge is -2.29. The highest BCUT2D eigenvalue weighted by atomic mass is 28.4. The zero-order valence-corrected chi connectivity index (χ0v) is 14.1. The van der Waals surface area contributed by atoms with E-state index in [0.29, 0.717) is 19.8 Å². The summed E-state index contributed by atoms with van der Waals surface area (Å²) in [5.41, 5.74) is 0. The van der Waals surface area contributed by atoms with Crippen LogP contribution in [0, 0.1) is 0 Å². The maximum absolute atomic E-state index is 6.14. The normalized spacial score (nSPS) is 11.8. The van der Waals surface area contributed by atoms with Crippen LogP contribution in [0.3, 0.4) is 0 Å². The predicted octanol–water partition coefficient (Wildman–Crippen LogP) is 3.50. The third kappa shape index (κ3) is 5.36. The average Bonchev–Trinajstić information content (AvgIpc) is 2.48. The van der Waals surface area contributed by atoms with E-state index in [1.54, 1.807) is 0 Å². The molecular formula is C16H28O3Si. The summed E-state index contributed by atoms with van der Waals surface area (Å²) in [6.07, 6.45) is 4.29. The first-order valence-electron chi connectivity index (χ1n) is 7.76. The van der Waals surface area contributed by atoms with Crippen LogP contribution in [0.5, 0.6) is 0 Å². The Labute approximate surface area is 124 Å². The Kier molecular flexibility index (Phi) is 8.77. The van der Waals surface area contributed by atoms with Gasteiger partial charge in [0.2, 0.25) is 0 Å². The van der Waals surface area contributed by atoms with E-state index in [0.717, 1.165) is 30.9 Å². The second kappa shape index (κ2) is 10.1. The summed E-state index contributed by atoms with van der Waals surface area (Å²) < 4.78 is 18.3. The van der Waals surface area contributed by atoms with Gasteiger partial charge in [-0.05, 0) is 19.8 Å². The molecule has 20 heavy (non-hydrogen) atoms. The summed E-state index contributed by atoms with van der Waals surface area (Å²) in [5.74, 6) is 0. The van der Waals surface area contributed by atoms with Crippen LogP contribution < -0.4 is 5.19 Å². The Balaban J connectivity index is 2.86. The van der Waals surface area contributed by atoms with Gasteiger partial charge in [0, 0.05) is 25.0 Å². The summed E-state index contributed by atoms with van der Waals surface area (Å²) in [6, 6.07) is 10.1. The molecule has 0 radical (unpaired) electrons. The van der Waals surface area contributed by atoms with Crippen LogP contribution in [0.2, 0.25) is 0 Å². The van der Waals surface area contributed by atoms with Crippen LogP contribution in [-0.4, -0.2) is 28.6 Å². The Hall–Kier alpha value is -0.683. The fourth-order valence-corrected chi connectivity index (χ4v) is 4.47. The topological polar surface area (TPSA) is 27.7 Å². The zero-order valence-electron chi connectivity index (χ0n) is 13.1. The standard InChI is InChI=1S/C16H28O3Si/c1-4-7-14-18-20(17-6-3,19-15-8-5-2)16-12-10-9-11-13-16/h9-13H,4-8,14-15H2,1-3H3. The van der Waals surface area contributed by atoms with Crippen molar-refractivity contribution in [1.29, 1.82) is 0 Å². The van der Waals surface area contributed by atoms with Crippen molar-refractivity contribution in [1.82, 2.24) is 0 Å². The van der Waals surface area contributed by atoms with Gasteiger partial charge in [0.15, 0.2) is 0 Å². The van der Waals surface area contributed by atoms with E-state index in [1.807, 2.05) is 25.1 Å². The second-order valence-corrected chi connectivity index (χ2v) is 7.32. The van der Waals surface area contributed by atoms with Crippen molar-refractivity contribution in [2.24, 2.45) is 0 Å². The highest BCUT2D eigenvalue weighted by Gasteiger charge is 2.43. The highest BCUT2D eigenvalue weighted by Crippen LogP contribution is 2.13. The minimum absolute atomic E-state index is 0.610. The Bertz CT molecular complexity index is 333. The SMILES string of the molecule is CCCCO[Si](OCC)(OCCCC)c1ccccc1. The van der Waals surface area contributed by atoms with E-state index in [9.17, 15) is 0 Å². The summed E-state index contributed by atoms with van der Waals surface area (Å²) in [4.78, 5) is 0. The van der Waals surface area contributed by atoms with E-state index in [1.165, 1.54) is 0 Å². The zero-order chi connectivity index (χ0) is 14.7. The molecule has 1 rings (SSSR count). The number of hydrogen-bond donors (Lipinski definition) is 0. The highest BCUT2D eigenvalue weighted by molar-refractivity contribution is 6.75. The lowest BCUT2D eigenvalue weighted by atomic mass is 10.4. The number of benzene rings is 1. The minimum atomic E-state index is -2.75. The van der Waals surface area contributed by atoms with E-state index < -0.39 is 8.80 Å². The maximum atomic E-state index is 6.14. The van der Waals surface area contributed by atoms with Crippen molar-refractivity contribution in [2.45, 2.75) is 46.5 Å². The Morgan fingerprint density at radius 3 is 1.80 bits per heavy atom. The van der Waals surface area contributed by atoms with E-state index in [-0.39, 0.29) is 0 Å². The van der Waals surface area contributed by atoms with Gasteiger partial charge in [-0.25, -0.2) is 0 Å². The van der Waals surface area contributed by atoms with Crippen molar-refractivity contribution in [2.75, 3.05) is 19.8 Å². The molecule has 1 aromatic carbocycles. The molecule has 0 aliphatic carbocycles. The quantitative estimate of drug-likeness (QED) is 0.462. The molecule has 0 spiro atoms. The molecule has 0 fully saturated rings. The summed E-state index contributed by atoms with van der Waals surface area (Å²) in [7, 11) is -2.75. The lowest BCUT2D eigenvalue weighted by Crippen LogP contribution is -2.57. The van der Waals surface area contributed by atoms with Crippen molar-refractivity contribution in [3.05, 3.63) is 30.3 Å². The Morgan fingerprint density at radius 1 is 0.800 bits per heavy atom. The van der Waals surface area contributed by atoms with Gasteiger partial charge >= 0.3 is 8.80 Å². The van der Waals surface area contributed by atoms with Gasteiger partial charge in [0.1, 0.15) is 0 Å². The van der Waals surface area contributed by atoms with E-state index in [2.05, 4.69) is 26.0 Å². The van der Waals surface area contributed by atoms with Crippen LogP contribution in [-0.2, 0) is 13.3 Å². The summed E-state index contributed by atoms with van der Waals surface area (Å²) in [6.45, 7) is 8.32. The summed E-state index contributed by atoms with van der Waals surface area (Å²) in [5, 5.41) is 1.06. The maximum Gasteiger partial charge on any atom is 0.537 e. The van der Waals surface area contributed by atoms with Crippen LogP contribution >= 0.6 is 0 Å². The van der Waals surface area contributed by atoms with Crippen LogP contribution in [0.1, 0.15) is 46.5 Å². The van der Waals surface area contributed by atoms with Gasteiger partial charge < -0.3 is 13.3 Å². The van der Waals surface area contributed by atoms with E-state index in [4.69, 9.17) is 13.3 Å². The fraction of sp³-hybridized carbons (Fsp3) is 0.625. The van der Waals surface area contributed by atoms with Gasteiger partial charge in [0.25, 0.3) is 0 Å². The monoisotopic (exact) mass is 296 g/mol. The van der Waals surface area contributed by atoms with Gasteiger partial charge in [-0.2, -0.15) is 0 Å². The third-order valence-electron chi connectivity index (χ3n) is 3.04. The average molecular weight is 296 g/mol. The lowest BCUT2D eigenvalue weighted by molar-refractivity contribution is 0.0750. The molecule has 0 unspecified atom stereocenters. The molecule has 3 nitrogen and oxygen atoms in total. The first kappa shape index (κ1) is 17.4. The van der Waals surface area contributed by atoms with Crippen molar-refractivity contribution >= 4 is 14.0 Å². The molecule has 0 N–H and O–H groups in total. The van der Waals surface area contributed by atoms with Crippen molar-refractivity contribution in [3.8, 4) is 0 Å². The molecule has 0 aliphatic rings. The predicted molar refractivity (Wildman–Crippen MR) is 85.2 cm³/mol. The largest absolute Gasteiger partial charge is 0.537 e. The molecular weight excluding hydrogens is 268 g/mol. The van der Waals surface area contributed by atoms with Gasteiger partial charge in [0.05, 0.1) is 0 Å². The molecule has 0 heterocycles. The molecule has 114 valence electrons. The van der Waals surface area contributed by atoms with Gasteiger partial charge in [-0.15, -0.1) is 0 Å². The van der Waals surface area contributed by atoms with E-state index >= 15 is 0 Å². The number of rotatable bonds is 11.